The summed E-state index contributed by atoms with van der Waals surface area (Å²) < 4.78 is 34.3. The van der Waals surface area contributed by atoms with E-state index < -0.39 is 28.7 Å². The first-order valence-electron chi connectivity index (χ1n) is 13.7. The van der Waals surface area contributed by atoms with Crippen LogP contribution in [-0.4, -0.2) is 69.8 Å². The number of rotatable bonds is 15. The van der Waals surface area contributed by atoms with E-state index in [0.717, 1.165) is 32.6 Å². The zero-order valence-corrected chi connectivity index (χ0v) is 25.0. The van der Waals surface area contributed by atoms with Crippen molar-refractivity contribution in [1.82, 2.24) is 14.5 Å². The molecule has 0 saturated carbocycles. The van der Waals surface area contributed by atoms with Crippen LogP contribution in [0, 0.1) is 0 Å². The normalized spacial score (nSPS) is 12.0. The lowest BCUT2D eigenvalue weighted by Crippen LogP contribution is -2.54. The second-order valence-corrected chi connectivity index (χ2v) is 11.9. The van der Waals surface area contributed by atoms with Gasteiger partial charge in [0.25, 0.3) is 0 Å². The van der Waals surface area contributed by atoms with E-state index in [1.807, 2.05) is 49.4 Å². The van der Waals surface area contributed by atoms with Crippen LogP contribution in [0.2, 0.25) is 0 Å². The van der Waals surface area contributed by atoms with Crippen LogP contribution in [0.4, 0.5) is 5.69 Å². The van der Waals surface area contributed by atoms with E-state index in [0.29, 0.717) is 18.0 Å². The third-order valence-corrected chi connectivity index (χ3v) is 8.47. The number of hydrogen-bond acceptors (Lipinski definition) is 5. The fourth-order valence-corrected chi connectivity index (χ4v) is 5.39. The molecule has 0 heterocycles. The zero-order chi connectivity index (χ0) is 29.8. The lowest BCUT2D eigenvalue weighted by atomic mass is 10.0. The van der Waals surface area contributed by atoms with E-state index >= 15 is 0 Å². The first kappa shape index (κ1) is 31.6. The highest BCUT2D eigenvalue weighted by molar-refractivity contribution is 7.90. The van der Waals surface area contributed by atoms with E-state index in [2.05, 4.69) is 5.32 Å². The van der Waals surface area contributed by atoms with Crippen molar-refractivity contribution < 1.29 is 22.7 Å². The van der Waals surface area contributed by atoms with Gasteiger partial charge >= 0.3 is 10.2 Å². The van der Waals surface area contributed by atoms with Crippen molar-refractivity contribution in [2.45, 2.75) is 38.8 Å². The fourth-order valence-electron chi connectivity index (χ4n) is 4.34. The molecule has 1 N–H and O–H groups in total. The smallest absolute Gasteiger partial charge is 0.304 e. The summed E-state index contributed by atoms with van der Waals surface area (Å²) in [4.78, 5) is 29.4. The first-order chi connectivity index (χ1) is 19.7. The van der Waals surface area contributed by atoms with Gasteiger partial charge in [-0.2, -0.15) is 12.7 Å². The standard InChI is InChI=1S/C31H40N4O5S/c1-5-6-20-32-31(37)29(22-25-14-9-7-10-15-25)34(23-26-16-13-19-28(21-26)40-4)30(36)24-35(41(38,39)33(2)3)27-17-11-8-12-18-27/h7-19,21,29H,5-6,20,22-24H2,1-4H3,(H,32,37)/t29-/m0/s1. The average Bonchev–Trinajstić information content (AvgIpc) is 2.98. The Bertz CT molecular complexity index is 1370. The number of anilines is 1. The predicted octanol–water partition coefficient (Wildman–Crippen LogP) is 3.86. The molecule has 1 atom stereocenters. The molecule has 0 aliphatic rings. The Balaban J connectivity index is 2.07. The molecule has 3 aromatic carbocycles. The summed E-state index contributed by atoms with van der Waals surface area (Å²) in [5, 5.41) is 2.98. The molecule has 9 nitrogen and oxygen atoms in total. The molecule has 0 fully saturated rings. The maximum absolute atomic E-state index is 14.2. The van der Waals surface area contributed by atoms with E-state index in [9.17, 15) is 18.0 Å². The topological polar surface area (TPSA) is 99.3 Å². The molecule has 0 aromatic heterocycles. The van der Waals surface area contributed by atoms with Gasteiger partial charge in [-0.3, -0.25) is 9.59 Å². The summed E-state index contributed by atoms with van der Waals surface area (Å²) in [7, 11) is 0.372. The lowest BCUT2D eigenvalue weighted by Gasteiger charge is -2.34. The molecule has 0 spiro atoms. The third-order valence-electron chi connectivity index (χ3n) is 6.65. The highest BCUT2D eigenvalue weighted by atomic mass is 32.2. The fraction of sp³-hybridized carbons (Fsp3) is 0.355. The van der Waals surface area contributed by atoms with Crippen molar-refractivity contribution >= 4 is 27.7 Å². The molecule has 0 radical (unpaired) electrons. The van der Waals surface area contributed by atoms with Crippen molar-refractivity contribution in [3.63, 3.8) is 0 Å². The second kappa shape index (κ2) is 15.2. The Morgan fingerprint density at radius 3 is 2.15 bits per heavy atom. The minimum atomic E-state index is -4.03. The molecule has 41 heavy (non-hydrogen) atoms. The van der Waals surface area contributed by atoms with Gasteiger partial charge in [-0.1, -0.05) is 74.0 Å². The summed E-state index contributed by atoms with van der Waals surface area (Å²) in [6.45, 7) is 2.12. The van der Waals surface area contributed by atoms with Crippen LogP contribution in [0.1, 0.15) is 30.9 Å². The maximum atomic E-state index is 14.2. The summed E-state index contributed by atoms with van der Waals surface area (Å²) in [5.74, 6) is -0.183. The number of carbonyl (C=O) groups excluding carboxylic acids is 2. The molecule has 0 aliphatic heterocycles. The number of carbonyl (C=O) groups is 2. The predicted molar refractivity (Wildman–Crippen MR) is 162 cm³/mol. The number of ether oxygens (including phenoxy) is 1. The molecule has 0 bridgehead atoms. The molecule has 0 saturated heterocycles. The van der Waals surface area contributed by atoms with Gasteiger partial charge in [0.15, 0.2) is 0 Å². The Morgan fingerprint density at radius 2 is 1.54 bits per heavy atom. The van der Waals surface area contributed by atoms with Crippen LogP contribution in [0.5, 0.6) is 5.75 Å². The Hall–Kier alpha value is -3.89. The summed E-state index contributed by atoms with van der Waals surface area (Å²) >= 11 is 0. The van der Waals surface area contributed by atoms with Crippen LogP contribution in [0.15, 0.2) is 84.9 Å². The van der Waals surface area contributed by atoms with E-state index in [1.165, 1.54) is 19.0 Å². The Labute approximate surface area is 243 Å². The van der Waals surface area contributed by atoms with Crippen LogP contribution in [0.25, 0.3) is 0 Å². The molecular formula is C31H40N4O5S. The molecule has 3 aromatic rings. The largest absolute Gasteiger partial charge is 0.497 e. The van der Waals surface area contributed by atoms with Crippen LogP contribution in [-0.2, 0) is 32.8 Å². The molecule has 3 rings (SSSR count). The number of hydrogen-bond donors (Lipinski definition) is 1. The summed E-state index contributed by atoms with van der Waals surface area (Å²) in [6, 6.07) is 24.4. The highest BCUT2D eigenvalue weighted by Gasteiger charge is 2.34. The van der Waals surface area contributed by atoms with Crippen LogP contribution in [0.3, 0.4) is 0 Å². The van der Waals surface area contributed by atoms with Crippen molar-refractivity contribution in [1.29, 1.82) is 0 Å². The van der Waals surface area contributed by atoms with Gasteiger partial charge in [0.05, 0.1) is 12.8 Å². The van der Waals surface area contributed by atoms with Gasteiger partial charge in [-0.25, -0.2) is 4.31 Å². The van der Waals surface area contributed by atoms with Gasteiger partial charge in [0.2, 0.25) is 11.8 Å². The minimum absolute atomic E-state index is 0.0827. The van der Waals surface area contributed by atoms with Crippen molar-refractivity contribution in [2.24, 2.45) is 0 Å². The van der Waals surface area contributed by atoms with Gasteiger partial charge in [0, 0.05) is 33.6 Å². The second-order valence-electron chi connectivity index (χ2n) is 9.86. The van der Waals surface area contributed by atoms with Crippen LogP contribution < -0.4 is 14.4 Å². The van der Waals surface area contributed by atoms with E-state index in [1.54, 1.807) is 49.6 Å². The SMILES string of the molecule is CCCCNC(=O)[C@H](Cc1ccccc1)N(Cc1cccc(OC)c1)C(=O)CN(c1ccccc1)S(=O)(=O)N(C)C. The van der Waals surface area contributed by atoms with Crippen molar-refractivity contribution in [3.05, 3.63) is 96.1 Å². The molecular weight excluding hydrogens is 540 g/mol. The first-order valence-corrected chi connectivity index (χ1v) is 15.1. The minimum Gasteiger partial charge on any atom is -0.497 e. The molecule has 0 unspecified atom stereocenters. The number of benzene rings is 3. The summed E-state index contributed by atoms with van der Waals surface area (Å²) in [5.41, 5.74) is 1.98. The maximum Gasteiger partial charge on any atom is 0.304 e. The number of nitrogens with one attached hydrogen (secondary N) is 1. The van der Waals surface area contributed by atoms with Gasteiger partial charge < -0.3 is 15.0 Å². The third kappa shape index (κ3) is 8.80. The Kier molecular flexibility index (Phi) is 11.7. The molecule has 0 aliphatic carbocycles. The summed E-state index contributed by atoms with van der Waals surface area (Å²) in [6.07, 6.45) is 1.97. The van der Waals surface area contributed by atoms with Gasteiger partial charge in [-0.15, -0.1) is 0 Å². The average molecular weight is 581 g/mol. The zero-order valence-electron chi connectivity index (χ0n) is 24.2. The van der Waals surface area contributed by atoms with Gasteiger partial charge in [0.1, 0.15) is 18.3 Å². The number of para-hydroxylation sites is 1. The highest BCUT2D eigenvalue weighted by Crippen LogP contribution is 2.22. The van der Waals surface area contributed by atoms with Gasteiger partial charge in [-0.05, 0) is 41.8 Å². The Morgan fingerprint density at radius 1 is 0.902 bits per heavy atom. The monoisotopic (exact) mass is 580 g/mol. The number of nitrogens with zero attached hydrogens (tertiary/aromatic N) is 3. The van der Waals surface area contributed by atoms with Crippen LogP contribution >= 0.6 is 0 Å². The molecule has 220 valence electrons. The lowest BCUT2D eigenvalue weighted by molar-refractivity contribution is -0.140. The number of amides is 2. The number of methoxy groups -OCH3 is 1. The van der Waals surface area contributed by atoms with E-state index in [-0.39, 0.29) is 18.9 Å². The quantitative estimate of drug-likeness (QED) is 0.275. The molecule has 2 amide bonds. The van der Waals surface area contributed by atoms with Crippen molar-refractivity contribution in [3.8, 4) is 5.75 Å². The number of unbranched alkanes of at least 4 members (excludes halogenated alkanes) is 1. The van der Waals surface area contributed by atoms with Crippen molar-refractivity contribution in [2.75, 3.05) is 38.6 Å². The van der Waals surface area contributed by atoms with E-state index in [4.69, 9.17) is 4.74 Å². The molecule has 10 heteroatoms.